The minimum Gasteiger partial charge on any atom is -0.451 e. The summed E-state index contributed by atoms with van der Waals surface area (Å²) >= 11 is 6.51. The number of amides is 2. The molecule has 2 heterocycles. The van der Waals surface area contributed by atoms with E-state index in [0.29, 0.717) is 48.2 Å². The van der Waals surface area contributed by atoms with Crippen LogP contribution in [0.3, 0.4) is 0 Å². The van der Waals surface area contributed by atoms with Crippen LogP contribution in [0.4, 0.5) is 17.1 Å². The molecule has 2 amide bonds. The molecule has 9 nitrogen and oxygen atoms in total. The summed E-state index contributed by atoms with van der Waals surface area (Å²) in [5.74, 6) is 0.0798. The first-order chi connectivity index (χ1) is 16.7. The summed E-state index contributed by atoms with van der Waals surface area (Å²) < 4.78 is 5.63. The van der Waals surface area contributed by atoms with E-state index >= 15 is 0 Å². The van der Waals surface area contributed by atoms with Crippen LogP contribution in [0.25, 0.3) is 11.3 Å². The van der Waals surface area contributed by atoms with Crippen LogP contribution < -0.4 is 10.2 Å². The molecule has 1 N–H and O–H groups in total. The van der Waals surface area contributed by atoms with Gasteiger partial charge in [-0.1, -0.05) is 37.6 Å². The highest BCUT2D eigenvalue weighted by molar-refractivity contribution is 6.33. The van der Waals surface area contributed by atoms with Gasteiger partial charge in [-0.2, -0.15) is 0 Å². The maximum absolute atomic E-state index is 12.7. The van der Waals surface area contributed by atoms with Crippen molar-refractivity contribution in [1.82, 2.24) is 4.90 Å². The number of piperazine rings is 1. The number of furan rings is 1. The van der Waals surface area contributed by atoms with Gasteiger partial charge in [-0.3, -0.25) is 19.7 Å². The zero-order valence-electron chi connectivity index (χ0n) is 19.4. The molecule has 3 aromatic rings. The fraction of sp³-hybridized carbons (Fsp3) is 0.280. The van der Waals surface area contributed by atoms with Crippen LogP contribution in [0.15, 0.2) is 59.0 Å². The number of nitro groups is 1. The van der Waals surface area contributed by atoms with E-state index < -0.39 is 10.8 Å². The molecule has 4 rings (SSSR count). The molecular weight excluding hydrogens is 472 g/mol. The van der Waals surface area contributed by atoms with Crippen molar-refractivity contribution in [2.45, 2.75) is 13.8 Å². The fourth-order valence-corrected chi connectivity index (χ4v) is 4.25. The minimum atomic E-state index is -0.488. The SMILES string of the molecule is CC(C)C(=O)N1CCN(c2ccc(NC(=O)c3ccc(-c4cccc([N+](=O)[O-])c4)o3)cc2Cl)CC1. The first-order valence-corrected chi connectivity index (χ1v) is 11.6. The average Bonchev–Trinajstić information content (AvgIpc) is 3.34. The molecule has 1 aliphatic rings. The second kappa shape index (κ2) is 10.2. The second-order valence-corrected chi connectivity index (χ2v) is 8.97. The van der Waals surface area contributed by atoms with Crippen molar-refractivity contribution in [3.8, 4) is 11.3 Å². The molecule has 1 saturated heterocycles. The third kappa shape index (κ3) is 5.46. The molecule has 0 bridgehead atoms. The summed E-state index contributed by atoms with van der Waals surface area (Å²) in [5, 5.41) is 14.3. The highest BCUT2D eigenvalue weighted by Gasteiger charge is 2.24. The summed E-state index contributed by atoms with van der Waals surface area (Å²) in [6.07, 6.45) is 0. The molecule has 10 heteroatoms. The van der Waals surface area contributed by atoms with Gasteiger partial charge in [-0.25, -0.2) is 0 Å². The topological polar surface area (TPSA) is 109 Å². The summed E-state index contributed by atoms with van der Waals surface area (Å²) in [6, 6.07) is 14.4. The van der Waals surface area contributed by atoms with E-state index in [-0.39, 0.29) is 23.3 Å². The van der Waals surface area contributed by atoms with Gasteiger partial charge in [-0.05, 0) is 30.3 Å². The van der Waals surface area contributed by atoms with Crippen LogP contribution in [-0.4, -0.2) is 47.8 Å². The summed E-state index contributed by atoms with van der Waals surface area (Å²) in [6.45, 7) is 6.42. The molecule has 2 aromatic carbocycles. The number of halogens is 1. The number of nitro benzene ring substituents is 1. The van der Waals surface area contributed by atoms with E-state index in [0.717, 1.165) is 5.69 Å². The number of benzene rings is 2. The largest absolute Gasteiger partial charge is 0.451 e. The van der Waals surface area contributed by atoms with Crippen LogP contribution in [0.1, 0.15) is 24.4 Å². The van der Waals surface area contributed by atoms with Gasteiger partial charge in [0.2, 0.25) is 5.91 Å². The van der Waals surface area contributed by atoms with Gasteiger partial charge in [-0.15, -0.1) is 0 Å². The average molecular weight is 497 g/mol. The van der Waals surface area contributed by atoms with Gasteiger partial charge in [0.25, 0.3) is 11.6 Å². The maximum Gasteiger partial charge on any atom is 0.291 e. The first-order valence-electron chi connectivity index (χ1n) is 11.2. The van der Waals surface area contributed by atoms with Gasteiger partial charge >= 0.3 is 0 Å². The van der Waals surface area contributed by atoms with Crippen LogP contribution in [0.5, 0.6) is 0 Å². The molecule has 35 heavy (non-hydrogen) atoms. The van der Waals surface area contributed by atoms with Gasteiger partial charge in [0, 0.05) is 55.5 Å². The number of nitrogens with zero attached hydrogens (tertiary/aromatic N) is 3. The quantitative estimate of drug-likeness (QED) is 0.377. The predicted octanol–water partition coefficient (Wildman–Crippen LogP) is 5.07. The Kier molecular flexibility index (Phi) is 7.07. The Morgan fingerprint density at radius 1 is 1.06 bits per heavy atom. The Morgan fingerprint density at radius 2 is 1.80 bits per heavy atom. The fourth-order valence-electron chi connectivity index (χ4n) is 3.95. The lowest BCUT2D eigenvalue weighted by molar-refractivity contribution is -0.384. The number of hydrogen-bond donors (Lipinski definition) is 1. The van der Waals surface area contributed by atoms with E-state index in [1.54, 1.807) is 30.3 Å². The molecular formula is C25H25ClN4O5. The summed E-state index contributed by atoms with van der Waals surface area (Å²) in [7, 11) is 0. The lowest BCUT2D eigenvalue weighted by Gasteiger charge is -2.37. The van der Waals surface area contributed by atoms with E-state index in [1.807, 2.05) is 24.8 Å². The maximum atomic E-state index is 12.7. The van der Waals surface area contributed by atoms with Crippen molar-refractivity contribution >= 4 is 40.5 Å². The molecule has 0 radical (unpaired) electrons. The Balaban J connectivity index is 1.40. The number of carbonyl (C=O) groups is 2. The van der Waals surface area contributed by atoms with E-state index in [4.69, 9.17) is 16.0 Å². The van der Waals surface area contributed by atoms with Crippen LogP contribution in [0.2, 0.25) is 5.02 Å². The zero-order valence-corrected chi connectivity index (χ0v) is 20.1. The van der Waals surface area contributed by atoms with Gasteiger partial charge in [0.1, 0.15) is 5.76 Å². The normalized spacial score (nSPS) is 13.7. The van der Waals surface area contributed by atoms with E-state index in [1.165, 1.54) is 18.2 Å². The number of nitrogens with one attached hydrogen (secondary N) is 1. The van der Waals surface area contributed by atoms with Crippen molar-refractivity contribution in [1.29, 1.82) is 0 Å². The monoisotopic (exact) mass is 496 g/mol. The number of rotatable bonds is 6. The van der Waals surface area contributed by atoms with Gasteiger partial charge in [0.05, 0.1) is 15.6 Å². The zero-order chi connectivity index (χ0) is 25.1. The predicted molar refractivity (Wildman–Crippen MR) is 134 cm³/mol. The first kappa shape index (κ1) is 24.3. The number of hydrogen-bond acceptors (Lipinski definition) is 6. The van der Waals surface area contributed by atoms with Crippen LogP contribution in [-0.2, 0) is 4.79 Å². The Bertz CT molecular complexity index is 1260. The summed E-state index contributed by atoms with van der Waals surface area (Å²) in [5.41, 5.74) is 1.78. The van der Waals surface area contributed by atoms with Gasteiger partial charge < -0.3 is 19.5 Å². The number of carbonyl (C=O) groups excluding carboxylic acids is 2. The summed E-state index contributed by atoms with van der Waals surface area (Å²) in [4.78, 5) is 39.4. The number of non-ortho nitro benzene ring substituents is 1. The molecule has 0 saturated carbocycles. The highest BCUT2D eigenvalue weighted by atomic mass is 35.5. The molecule has 1 aliphatic heterocycles. The minimum absolute atomic E-state index is 0.0236. The third-order valence-electron chi connectivity index (χ3n) is 5.80. The second-order valence-electron chi connectivity index (χ2n) is 8.56. The smallest absolute Gasteiger partial charge is 0.291 e. The lowest BCUT2D eigenvalue weighted by Crippen LogP contribution is -2.50. The van der Waals surface area contributed by atoms with Crippen molar-refractivity contribution in [3.05, 3.63) is 75.5 Å². The molecule has 1 fully saturated rings. The standard InChI is InChI=1S/C25H25ClN4O5/c1-16(2)25(32)29-12-10-28(11-13-29)21-7-6-18(15-20(21)26)27-24(31)23-9-8-22(35-23)17-4-3-5-19(14-17)30(33)34/h3-9,14-16H,10-13H2,1-2H3,(H,27,31). The molecule has 0 unspecified atom stereocenters. The Labute approximate surface area is 207 Å². The van der Waals surface area contributed by atoms with Crippen molar-refractivity contribution in [2.24, 2.45) is 5.92 Å². The van der Waals surface area contributed by atoms with Crippen LogP contribution >= 0.6 is 11.6 Å². The van der Waals surface area contributed by atoms with E-state index in [2.05, 4.69) is 10.2 Å². The third-order valence-corrected chi connectivity index (χ3v) is 6.11. The highest BCUT2D eigenvalue weighted by Crippen LogP contribution is 2.31. The van der Waals surface area contributed by atoms with Crippen molar-refractivity contribution in [3.63, 3.8) is 0 Å². The van der Waals surface area contributed by atoms with Gasteiger partial charge in [0.15, 0.2) is 5.76 Å². The molecule has 1 aromatic heterocycles. The molecule has 0 aliphatic carbocycles. The van der Waals surface area contributed by atoms with Crippen LogP contribution in [0, 0.1) is 16.0 Å². The molecule has 182 valence electrons. The van der Waals surface area contributed by atoms with E-state index in [9.17, 15) is 19.7 Å². The molecule has 0 spiro atoms. The number of anilines is 2. The molecule has 0 atom stereocenters. The Morgan fingerprint density at radius 3 is 2.46 bits per heavy atom. The van der Waals surface area contributed by atoms with Crippen molar-refractivity contribution < 1.29 is 18.9 Å². The van der Waals surface area contributed by atoms with Crippen molar-refractivity contribution in [2.75, 3.05) is 36.4 Å². The lowest BCUT2D eigenvalue weighted by atomic mass is 10.1. The Hall–Kier alpha value is -3.85.